The molecule has 1 heterocycles. The van der Waals surface area contributed by atoms with E-state index in [-0.39, 0.29) is 23.7 Å². The Morgan fingerprint density at radius 3 is 2.71 bits per heavy atom. The SMILES string of the molecule is CCOC(=O)C(=O)/C=C(\OI)c1cncc(OC(F)F)c1. The van der Waals surface area contributed by atoms with Crippen LogP contribution < -0.4 is 4.74 Å². The van der Waals surface area contributed by atoms with Gasteiger partial charge in [-0.1, -0.05) is 0 Å². The third-order valence-corrected chi connectivity index (χ3v) is 2.52. The van der Waals surface area contributed by atoms with E-state index in [2.05, 4.69) is 14.5 Å². The molecule has 0 aromatic carbocycles. The third kappa shape index (κ3) is 5.61. The lowest BCUT2D eigenvalue weighted by molar-refractivity contribution is -0.151. The Hall–Kier alpha value is -1.78. The van der Waals surface area contributed by atoms with Gasteiger partial charge in [0.05, 0.1) is 12.8 Å². The minimum absolute atomic E-state index is 0.0409. The molecule has 0 saturated carbocycles. The Balaban J connectivity index is 2.99. The van der Waals surface area contributed by atoms with Gasteiger partial charge in [0.25, 0.3) is 5.78 Å². The summed E-state index contributed by atoms with van der Waals surface area (Å²) in [4.78, 5) is 26.4. The quantitative estimate of drug-likeness (QED) is 0.225. The van der Waals surface area contributed by atoms with Gasteiger partial charge in [-0.3, -0.25) is 9.78 Å². The number of rotatable bonds is 7. The molecular weight excluding hydrogens is 403 g/mol. The summed E-state index contributed by atoms with van der Waals surface area (Å²) in [6.07, 6.45) is 3.22. The molecule has 1 rings (SSSR count). The maximum absolute atomic E-state index is 12.1. The molecule has 6 nitrogen and oxygen atoms in total. The van der Waals surface area contributed by atoms with Gasteiger partial charge in [0.1, 0.15) is 11.5 Å². The van der Waals surface area contributed by atoms with Crippen LogP contribution in [0.2, 0.25) is 0 Å². The lowest BCUT2D eigenvalue weighted by Gasteiger charge is -2.07. The van der Waals surface area contributed by atoms with E-state index in [0.717, 1.165) is 12.3 Å². The van der Waals surface area contributed by atoms with Gasteiger partial charge in [0.2, 0.25) is 0 Å². The van der Waals surface area contributed by atoms with Gasteiger partial charge in [0.15, 0.2) is 23.0 Å². The van der Waals surface area contributed by atoms with E-state index in [0.29, 0.717) is 0 Å². The van der Waals surface area contributed by atoms with Crippen LogP contribution in [0.25, 0.3) is 5.76 Å². The van der Waals surface area contributed by atoms with E-state index < -0.39 is 18.4 Å². The summed E-state index contributed by atoms with van der Waals surface area (Å²) < 4.78 is 37.9. The molecule has 0 aliphatic rings. The van der Waals surface area contributed by atoms with Crippen molar-refractivity contribution in [2.45, 2.75) is 13.5 Å². The van der Waals surface area contributed by atoms with Gasteiger partial charge in [-0.05, 0) is 13.0 Å². The van der Waals surface area contributed by atoms with Crippen molar-refractivity contribution in [3.05, 3.63) is 30.1 Å². The summed E-state index contributed by atoms with van der Waals surface area (Å²) in [6.45, 7) is -1.39. The van der Waals surface area contributed by atoms with Crippen molar-refractivity contribution < 1.29 is 30.9 Å². The van der Waals surface area contributed by atoms with Crippen LogP contribution in [0.3, 0.4) is 0 Å². The number of carbonyl (C=O) groups is 2. The van der Waals surface area contributed by atoms with E-state index in [1.807, 2.05) is 0 Å². The molecule has 0 bridgehead atoms. The minimum Gasteiger partial charge on any atom is -0.460 e. The Morgan fingerprint density at radius 1 is 1.43 bits per heavy atom. The molecule has 0 radical (unpaired) electrons. The molecule has 0 N–H and O–H groups in total. The zero-order chi connectivity index (χ0) is 15.8. The molecule has 0 saturated heterocycles. The van der Waals surface area contributed by atoms with Crippen LogP contribution in [0.4, 0.5) is 8.78 Å². The van der Waals surface area contributed by atoms with Gasteiger partial charge in [0, 0.05) is 17.8 Å². The van der Waals surface area contributed by atoms with Gasteiger partial charge < -0.3 is 12.5 Å². The number of hydrogen-bond acceptors (Lipinski definition) is 6. The van der Waals surface area contributed by atoms with E-state index in [1.54, 1.807) is 6.92 Å². The van der Waals surface area contributed by atoms with Gasteiger partial charge in [-0.15, -0.1) is 0 Å². The standard InChI is InChI=1S/C12H10F2INO5/c1-2-19-11(18)9(17)4-10(21-15)7-3-8(6-16-5-7)20-12(13)14/h3-6,12H,2H2,1H3/b10-4-. The van der Waals surface area contributed by atoms with Crippen molar-refractivity contribution in [2.75, 3.05) is 6.61 Å². The first-order chi connectivity index (χ1) is 9.97. The normalized spacial score (nSPS) is 11.2. The molecule has 21 heavy (non-hydrogen) atoms. The fourth-order valence-electron chi connectivity index (χ4n) is 1.25. The monoisotopic (exact) mass is 413 g/mol. The van der Waals surface area contributed by atoms with Crippen LogP contribution in [-0.2, 0) is 17.4 Å². The smallest absolute Gasteiger partial charge is 0.387 e. The molecule has 0 aliphatic heterocycles. The molecule has 0 amide bonds. The number of halogens is 3. The summed E-state index contributed by atoms with van der Waals surface area (Å²) in [6, 6.07) is 1.20. The molecule has 0 fully saturated rings. The second-order valence-corrected chi connectivity index (χ2v) is 3.90. The highest BCUT2D eigenvalue weighted by Crippen LogP contribution is 2.23. The van der Waals surface area contributed by atoms with Crippen LogP contribution in [0.5, 0.6) is 5.75 Å². The Labute approximate surface area is 132 Å². The number of aromatic nitrogens is 1. The maximum Gasteiger partial charge on any atom is 0.387 e. The molecule has 114 valence electrons. The largest absolute Gasteiger partial charge is 0.460 e. The number of pyridine rings is 1. The van der Waals surface area contributed by atoms with E-state index in [1.165, 1.54) is 35.3 Å². The van der Waals surface area contributed by atoms with Crippen LogP contribution in [0.1, 0.15) is 12.5 Å². The van der Waals surface area contributed by atoms with Crippen molar-refractivity contribution in [3.63, 3.8) is 0 Å². The van der Waals surface area contributed by atoms with Gasteiger partial charge >= 0.3 is 12.6 Å². The van der Waals surface area contributed by atoms with Crippen molar-refractivity contribution in [3.8, 4) is 5.75 Å². The highest BCUT2D eigenvalue weighted by atomic mass is 127. The average Bonchev–Trinajstić information content (AvgIpc) is 2.44. The Bertz CT molecular complexity index is 550. The number of alkyl halides is 2. The first-order valence-corrected chi connectivity index (χ1v) is 6.47. The molecule has 1 aromatic heterocycles. The summed E-state index contributed by atoms with van der Waals surface area (Å²) in [5, 5.41) is 0. The number of nitrogens with zero attached hydrogens (tertiary/aromatic N) is 1. The summed E-state index contributed by atoms with van der Waals surface area (Å²) in [5.41, 5.74) is 0.195. The second-order valence-electron chi connectivity index (χ2n) is 3.46. The lowest BCUT2D eigenvalue weighted by Crippen LogP contribution is -2.15. The number of carbonyl (C=O) groups excluding carboxylic acids is 2. The van der Waals surface area contributed by atoms with Crippen molar-refractivity contribution in [2.24, 2.45) is 0 Å². The minimum atomic E-state index is -3.00. The number of esters is 1. The summed E-state index contributed by atoms with van der Waals surface area (Å²) in [5.74, 6) is -2.23. The van der Waals surface area contributed by atoms with Crippen LogP contribution in [0.15, 0.2) is 24.5 Å². The highest BCUT2D eigenvalue weighted by molar-refractivity contribution is 14.1. The lowest BCUT2D eigenvalue weighted by atomic mass is 10.2. The predicted molar refractivity (Wildman–Crippen MR) is 75.6 cm³/mol. The van der Waals surface area contributed by atoms with Crippen LogP contribution >= 0.6 is 23.0 Å². The molecular formula is C12H10F2INO5. The average molecular weight is 413 g/mol. The fraction of sp³-hybridized carbons (Fsp3) is 0.250. The van der Waals surface area contributed by atoms with E-state index >= 15 is 0 Å². The van der Waals surface area contributed by atoms with Crippen molar-refractivity contribution in [1.29, 1.82) is 0 Å². The van der Waals surface area contributed by atoms with Crippen molar-refractivity contribution in [1.82, 2.24) is 4.98 Å². The maximum atomic E-state index is 12.1. The van der Waals surface area contributed by atoms with Gasteiger partial charge in [-0.2, -0.15) is 8.78 Å². The molecule has 0 unspecified atom stereocenters. The Morgan fingerprint density at radius 2 is 2.14 bits per heavy atom. The molecule has 0 spiro atoms. The number of hydrogen-bond donors (Lipinski definition) is 0. The van der Waals surface area contributed by atoms with Crippen LogP contribution in [0, 0.1) is 0 Å². The zero-order valence-corrected chi connectivity index (χ0v) is 12.9. The Kier molecular flexibility index (Phi) is 6.99. The number of ether oxygens (including phenoxy) is 2. The molecule has 0 atom stereocenters. The first-order valence-electron chi connectivity index (χ1n) is 5.59. The van der Waals surface area contributed by atoms with E-state index in [9.17, 15) is 18.4 Å². The topological polar surface area (TPSA) is 74.7 Å². The second kappa shape index (κ2) is 8.49. The predicted octanol–water partition coefficient (Wildman–Crippen LogP) is 2.52. The number of ketones is 1. The molecule has 9 heteroatoms. The van der Waals surface area contributed by atoms with E-state index in [4.69, 9.17) is 3.07 Å². The van der Waals surface area contributed by atoms with Gasteiger partial charge in [-0.25, -0.2) is 4.79 Å². The molecule has 0 aliphatic carbocycles. The van der Waals surface area contributed by atoms with Crippen LogP contribution in [-0.4, -0.2) is 30.0 Å². The summed E-state index contributed by atoms with van der Waals surface area (Å²) in [7, 11) is 0. The highest BCUT2D eigenvalue weighted by Gasteiger charge is 2.16. The first kappa shape index (κ1) is 17.3. The summed E-state index contributed by atoms with van der Waals surface area (Å²) >= 11 is 1.48. The fourth-order valence-corrected chi connectivity index (χ4v) is 1.63. The zero-order valence-electron chi connectivity index (χ0n) is 10.7. The molecule has 1 aromatic rings. The third-order valence-electron chi connectivity index (χ3n) is 2.04. The van der Waals surface area contributed by atoms with Crippen molar-refractivity contribution >= 4 is 40.5 Å².